The van der Waals surface area contributed by atoms with Gasteiger partial charge in [-0.2, -0.15) is 0 Å². The average molecular weight is 294 g/mol. The van der Waals surface area contributed by atoms with Crippen LogP contribution in [0.15, 0.2) is 42.6 Å². The lowest BCUT2D eigenvalue weighted by molar-refractivity contribution is 0.249. The fourth-order valence-electron chi connectivity index (χ4n) is 1.64. The Morgan fingerprint density at radius 2 is 2.15 bits per heavy atom. The standard InChI is InChI=1S/C14H13ClFN3O/c1-9(13-4-2-3-7-17-13)18-14(20)19-10-5-6-12(16)11(15)8-10/h2-9H,1H3,(H2,18,19,20). The van der Waals surface area contributed by atoms with Gasteiger partial charge in [-0.3, -0.25) is 4.98 Å². The minimum Gasteiger partial charge on any atom is -0.330 e. The molecule has 0 bridgehead atoms. The molecule has 6 heteroatoms. The molecule has 1 atom stereocenters. The van der Waals surface area contributed by atoms with Gasteiger partial charge in [-0.1, -0.05) is 17.7 Å². The van der Waals surface area contributed by atoms with E-state index in [2.05, 4.69) is 15.6 Å². The van der Waals surface area contributed by atoms with Gasteiger partial charge >= 0.3 is 6.03 Å². The molecule has 2 amide bonds. The maximum Gasteiger partial charge on any atom is 0.319 e. The maximum atomic E-state index is 13.0. The van der Waals surface area contributed by atoms with Gasteiger partial charge in [0, 0.05) is 11.9 Å². The van der Waals surface area contributed by atoms with Crippen molar-refractivity contribution in [2.45, 2.75) is 13.0 Å². The Morgan fingerprint density at radius 1 is 1.35 bits per heavy atom. The number of pyridine rings is 1. The lowest BCUT2D eigenvalue weighted by atomic mass is 10.2. The second-order valence-corrected chi connectivity index (χ2v) is 4.61. The quantitative estimate of drug-likeness (QED) is 0.905. The number of nitrogens with zero attached hydrogens (tertiary/aromatic N) is 1. The Balaban J connectivity index is 1.97. The van der Waals surface area contributed by atoms with Crippen LogP contribution in [0.25, 0.3) is 0 Å². The van der Waals surface area contributed by atoms with Gasteiger partial charge in [0.25, 0.3) is 0 Å². The number of carbonyl (C=O) groups is 1. The molecule has 1 unspecified atom stereocenters. The van der Waals surface area contributed by atoms with Gasteiger partial charge in [0.1, 0.15) is 5.82 Å². The molecule has 4 nitrogen and oxygen atoms in total. The molecule has 2 aromatic rings. The summed E-state index contributed by atoms with van der Waals surface area (Å²) >= 11 is 5.64. The summed E-state index contributed by atoms with van der Waals surface area (Å²) in [6.45, 7) is 1.82. The first-order valence-electron chi connectivity index (χ1n) is 6.00. The Bertz CT molecular complexity index is 607. The van der Waals surface area contributed by atoms with Gasteiger partial charge in [-0.05, 0) is 37.3 Å². The number of carbonyl (C=O) groups excluding carboxylic acids is 1. The van der Waals surface area contributed by atoms with Crippen molar-refractivity contribution in [3.05, 3.63) is 59.1 Å². The smallest absolute Gasteiger partial charge is 0.319 e. The highest BCUT2D eigenvalue weighted by Gasteiger charge is 2.10. The number of urea groups is 1. The van der Waals surface area contributed by atoms with E-state index >= 15 is 0 Å². The SMILES string of the molecule is CC(NC(=O)Nc1ccc(F)c(Cl)c1)c1ccccn1. The summed E-state index contributed by atoms with van der Waals surface area (Å²) in [4.78, 5) is 16.0. The third-order valence-corrected chi connectivity index (χ3v) is 2.95. The van der Waals surface area contributed by atoms with E-state index in [9.17, 15) is 9.18 Å². The van der Waals surface area contributed by atoms with Crippen LogP contribution >= 0.6 is 11.6 Å². The van der Waals surface area contributed by atoms with Gasteiger partial charge in [-0.25, -0.2) is 9.18 Å². The van der Waals surface area contributed by atoms with Gasteiger partial charge < -0.3 is 10.6 Å². The first-order valence-corrected chi connectivity index (χ1v) is 6.37. The number of rotatable bonds is 3. The highest BCUT2D eigenvalue weighted by molar-refractivity contribution is 6.31. The molecule has 0 aliphatic carbocycles. The van der Waals surface area contributed by atoms with Crippen LogP contribution in [0, 0.1) is 5.82 Å². The highest BCUT2D eigenvalue weighted by Crippen LogP contribution is 2.19. The summed E-state index contributed by atoms with van der Waals surface area (Å²) in [6.07, 6.45) is 1.66. The summed E-state index contributed by atoms with van der Waals surface area (Å²) in [5.74, 6) is -0.528. The van der Waals surface area contributed by atoms with Crippen molar-refractivity contribution < 1.29 is 9.18 Å². The number of anilines is 1. The molecule has 1 aromatic heterocycles. The Labute approximate surface area is 121 Å². The molecule has 0 spiro atoms. The van der Waals surface area contributed by atoms with E-state index in [0.717, 1.165) is 5.69 Å². The van der Waals surface area contributed by atoms with E-state index in [0.29, 0.717) is 5.69 Å². The lowest BCUT2D eigenvalue weighted by Gasteiger charge is -2.14. The summed E-state index contributed by atoms with van der Waals surface area (Å²) in [6, 6.07) is 8.79. The maximum absolute atomic E-state index is 13.0. The normalized spacial score (nSPS) is 11.8. The highest BCUT2D eigenvalue weighted by atomic mass is 35.5. The summed E-state index contributed by atoms with van der Waals surface area (Å²) in [5, 5.41) is 5.27. The van der Waals surface area contributed by atoms with Gasteiger partial charge in [0.05, 0.1) is 16.8 Å². The van der Waals surface area contributed by atoms with Gasteiger partial charge in [0.15, 0.2) is 0 Å². The third-order valence-electron chi connectivity index (χ3n) is 2.66. The van der Waals surface area contributed by atoms with E-state index in [1.54, 1.807) is 12.3 Å². The lowest BCUT2D eigenvalue weighted by Crippen LogP contribution is -2.31. The number of amides is 2. The molecule has 0 saturated carbocycles. The van der Waals surface area contributed by atoms with Crippen molar-refractivity contribution >= 4 is 23.3 Å². The molecule has 0 aliphatic heterocycles. The van der Waals surface area contributed by atoms with E-state index in [-0.39, 0.29) is 11.1 Å². The Morgan fingerprint density at radius 3 is 2.80 bits per heavy atom. The molecule has 0 radical (unpaired) electrons. The number of nitrogens with one attached hydrogen (secondary N) is 2. The number of hydrogen-bond acceptors (Lipinski definition) is 2. The van der Waals surface area contributed by atoms with Crippen LogP contribution in [0.5, 0.6) is 0 Å². The Hall–Kier alpha value is -2.14. The molecule has 2 N–H and O–H groups in total. The molecule has 1 heterocycles. The van der Waals surface area contributed by atoms with Gasteiger partial charge in [0.2, 0.25) is 0 Å². The van der Waals surface area contributed by atoms with Crippen LogP contribution in [0.4, 0.5) is 14.9 Å². The van der Waals surface area contributed by atoms with Crippen molar-refractivity contribution in [2.24, 2.45) is 0 Å². The van der Waals surface area contributed by atoms with Crippen LogP contribution in [-0.2, 0) is 0 Å². The van der Waals surface area contributed by atoms with E-state index in [1.165, 1.54) is 18.2 Å². The fourth-order valence-corrected chi connectivity index (χ4v) is 1.82. The topological polar surface area (TPSA) is 54.0 Å². The minimum atomic E-state index is -0.528. The Kier molecular flexibility index (Phi) is 4.53. The fraction of sp³-hybridized carbons (Fsp3) is 0.143. The minimum absolute atomic E-state index is 0.0411. The largest absolute Gasteiger partial charge is 0.330 e. The van der Waals surface area contributed by atoms with Crippen molar-refractivity contribution in [3.63, 3.8) is 0 Å². The van der Waals surface area contributed by atoms with Crippen LogP contribution < -0.4 is 10.6 Å². The number of aromatic nitrogens is 1. The van der Waals surface area contributed by atoms with Crippen LogP contribution in [0.2, 0.25) is 5.02 Å². The number of halogens is 2. The zero-order valence-corrected chi connectivity index (χ0v) is 11.5. The number of benzene rings is 1. The van der Waals surface area contributed by atoms with Crippen LogP contribution in [0.1, 0.15) is 18.7 Å². The average Bonchev–Trinajstić information content (AvgIpc) is 2.44. The van der Waals surface area contributed by atoms with Crippen molar-refractivity contribution in [3.8, 4) is 0 Å². The zero-order valence-electron chi connectivity index (χ0n) is 10.7. The predicted octanol–water partition coefficient (Wildman–Crippen LogP) is 3.76. The molecule has 2 rings (SSSR count). The molecule has 1 aromatic carbocycles. The zero-order chi connectivity index (χ0) is 14.5. The van der Waals surface area contributed by atoms with Crippen molar-refractivity contribution in [1.82, 2.24) is 10.3 Å². The van der Waals surface area contributed by atoms with Gasteiger partial charge in [-0.15, -0.1) is 0 Å². The molecule has 20 heavy (non-hydrogen) atoms. The molecule has 0 saturated heterocycles. The number of hydrogen-bond donors (Lipinski definition) is 2. The first kappa shape index (κ1) is 14.3. The van der Waals surface area contributed by atoms with Crippen molar-refractivity contribution in [2.75, 3.05) is 5.32 Å². The summed E-state index contributed by atoms with van der Waals surface area (Å²) < 4.78 is 13.0. The van der Waals surface area contributed by atoms with Crippen LogP contribution in [0.3, 0.4) is 0 Å². The summed E-state index contributed by atoms with van der Waals surface area (Å²) in [5.41, 5.74) is 1.17. The summed E-state index contributed by atoms with van der Waals surface area (Å²) in [7, 11) is 0. The van der Waals surface area contributed by atoms with Crippen LogP contribution in [-0.4, -0.2) is 11.0 Å². The van der Waals surface area contributed by atoms with E-state index in [4.69, 9.17) is 11.6 Å². The van der Waals surface area contributed by atoms with Crippen molar-refractivity contribution in [1.29, 1.82) is 0 Å². The molecule has 0 fully saturated rings. The second-order valence-electron chi connectivity index (χ2n) is 4.20. The molecule has 0 aliphatic rings. The molecule has 104 valence electrons. The molecular weight excluding hydrogens is 281 g/mol. The third kappa shape index (κ3) is 3.68. The van der Waals surface area contributed by atoms with E-state index in [1.807, 2.05) is 19.1 Å². The monoisotopic (exact) mass is 293 g/mol. The second kappa shape index (κ2) is 6.34. The van der Waals surface area contributed by atoms with E-state index < -0.39 is 11.8 Å². The first-order chi connectivity index (χ1) is 9.56. The molecular formula is C14H13ClFN3O. The predicted molar refractivity (Wildman–Crippen MR) is 76.2 cm³/mol.